The predicted octanol–water partition coefficient (Wildman–Crippen LogP) is 4.19. The van der Waals surface area contributed by atoms with Gasteiger partial charge in [0.1, 0.15) is 23.0 Å². The summed E-state index contributed by atoms with van der Waals surface area (Å²) in [4.78, 5) is 22.5. The Morgan fingerprint density at radius 2 is 1.22 bits per heavy atom. The van der Waals surface area contributed by atoms with Gasteiger partial charge in [-0.2, -0.15) is 0 Å². The first-order valence-electron chi connectivity index (χ1n) is 7.95. The summed E-state index contributed by atoms with van der Waals surface area (Å²) in [6.45, 7) is 1.50. The molecule has 7 heteroatoms. The average Bonchev–Trinajstić information content (AvgIpc) is 2.72. The zero-order chi connectivity index (χ0) is 20.4. The van der Waals surface area contributed by atoms with Crippen LogP contribution in [0.1, 0.15) is 27.6 Å². The van der Waals surface area contributed by atoms with Gasteiger partial charge in [-0.25, -0.2) is 0 Å². The number of Topliss-reactive ketones (excluding diaryl/α,β-unsaturated/α-hetero) is 2. The van der Waals surface area contributed by atoms with E-state index in [9.17, 15) is 9.59 Å². The molecule has 0 atom stereocenters. The Morgan fingerprint density at radius 1 is 0.778 bits per heavy atom. The number of rotatable bonds is 7. The van der Waals surface area contributed by atoms with Gasteiger partial charge in [0.25, 0.3) is 0 Å². The van der Waals surface area contributed by atoms with Gasteiger partial charge in [-0.05, 0) is 31.2 Å². The van der Waals surface area contributed by atoms with Crippen LogP contribution in [0.2, 0.25) is 0 Å². The van der Waals surface area contributed by atoms with E-state index in [4.69, 9.17) is 18.9 Å². The average molecular weight is 439 g/mol. The minimum absolute atomic E-state index is 0.00972. The van der Waals surface area contributed by atoms with E-state index in [0.29, 0.717) is 34.1 Å². The summed E-state index contributed by atoms with van der Waals surface area (Å²) in [6, 6.07) is 10.2. The molecule has 2 aromatic carbocycles. The fraction of sp³-hybridized carbons (Fsp3) is 0.300. The van der Waals surface area contributed by atoms with E-state index < -0.39 is 0 Å². The topological polar surface area (TPSA) is 71.1 Å². The number of alkyl halides is 1. The lowest BCUT2D eigenvalue weighted by atomic mass is 10.1. The van der Waals surface area contributed by atoms with Crippen molar-refractivity contribution >= 4 is 27.5 Å². The Hall–Kier alpha value is -2.54. The summed E-state index contributed by atoms with van der Waals surface area (Å²) in [7, 11) is 6.20. The molecule has 6 nitrogen and oxygen atoms in total. The molecule has 0 heterocycles. The third kappa shape index (κ3) is 6.29. The van der Waals surface area contributed by atoms with Crippen LogP contribution >= 0.6 is 15.9 Å². The molecule has 2 aromatic rings. The minimum atomic E-state index is -0.0143. The number of hydrogen-bond acceptors (Lipinski definition) is 6. The summed E-state index contributed by atoms with van der Waals surface area (Å²) in [6.07, 6.45) is 0. The molecule has 0 spiro atoms. The van der Waals surface area contributed by atoms with Gasteiger partial charge >= 0.3 is 0 Å². The molecule has 0 unspecified atom stereocenters. The molecular weight excluding hydrogens is 416 g/mol. The van der Waals surface area contributed by atoms with Crippen LogP contribution in [0.25, 0.3) is 0 Å². The normalized spacial score (nSPS) is 9.56. The number of halogens is 1. The molecule has 0 saturated heterocycles. The third-order valence-corrected chi connectivity index (χ3v) is 4.13. The lowest BCUT2D eigenvalue weighted by Gasteiger charge is -2.08. The van der Waals surface area contributed by atoms with E-state index in [1.54, 1.807) is 50.6 Å². The number of ketones is 2. The number of carbonyl (C=O) groups is 2. The zero-order valence-electron chi connectivity index (χ0n) is 16.0. The van der Waals surface area contributed by atoms with Gasteiger partial charge in [0.15, 0.2) is 11.6 Å². The highest BCUT2D eigenvalue weighted by Crippen LogP contribution is 2.25. The standard InChI is InChI=1S/C10H11BrO3.C10H12O3/c1-13-7-3-4-8(9(12)6-11)10(5-7)14-2;1-7(11)9-5-4-8(12-2)6-10(9)13-3/h3-5H,6H2,1-2H3;4-6H,1-3H3. The summed E-state index contributed by atoms with van der Waals surface area (Å²) >= 11 is 3.11. The first kappa shape index (κ1) is 22.5. The highest BCUT2D eigenvalue weighted by Gasteiger charge is 2.11. The monoisotopic (exact) mass is 438 g/mol. The number of benzene rings is 2. The first-order chi connectivity index (χ1) is 12.9. The second kappa shape index (κ2) is 11.2. The van der Waals surface area contributed by atoms with Crippen LogP contribution in [-0.4, -0.2) is 45.3 Å². The molecule has 0 amide bonds. The summed E-state index contributed by atoms with van der Waals surface area (Å²) in [5.74, 6) is 2.42. The van der Waals surface area contributed by atoms with Gasteiger partial charge < -0.3 is 18.9 Å². The molecule has 27 heavy (non-hydrogen) atoms. The van der Waals surface area contributed by atoms with Crippen LogP contribution in [0.15, 0.2) is 36.4 Å². The van der Waals surface area contributed by atoms with Crippen molar-refractivity contribution in [2.24, 2.45) is 0 Å². The van der Waals surface area contributed by atoms with E-state index in [1.165, 1.54) is 21.1 Å². The second-order valence-corrected chi connectivity index (χ2v) is 5.81. The SMILES string of the molecule is COc1ccc(C(=O)CBr)c(OC)c1.COc1ccc(C(C)=O)c(OC)c1. The van der Waals surface area contributed by atoms with Crippen molar-refractivity contribution in [3.63, 3.8) is 0 Å². The van der Waals surface area contributed by atoms with Gasteiger partial charge in [-0.1, -0.05) is 15.9 Å². The van der Waals surface area contributed by atoms with E-state index in [0.717, 1.165) is 0 Å². The first-order valence-corrected chi connectivity index (χ1v) is 9.08. The van der Waals surface area contributed by atoms with E-state index >= 15 is 0 Å². The molecular formula is C20H23BrO6. The van der Waals surface area contributed by atoms with Crippen LogP contribution in [0.5, 0.6) is 23.0 Å². The van der Waals surface area contributed by atoms with Crippen LogP contribution in [0.4, 0.5) is 0 Å². The van der Waals surface area contributed by atoms with Gasteiger partial charge in [0, 0.05) is 12.1 Å². The number of methoxy groups -OCH3 is 4. The summed E-state index contributed by atoms with van der Waals surface area (Å²) in [5.41, 5.74) is 1.13. The van der Waals surface area contributed by atoms with E-state index in [2.05, 4.69) is 15.9 Å². The van der Waals surface area contributed by atoms with Crippen LogP contribution in [0, 0.1) is 0 Å². The lowest BCUT2D eigenvalue weighted by molar-refractivity contribution is 0.100. The van der Waals surface area contributed by atoms with Crippen molar-refractivity contribution < 1.29 is 28.5 Å². The number of hydrogen-bond donors (Lipinski definition) is 0. The Morgan fingerprint density at radius 3 is 1.59 bits per heavy atom. The molecule has 2 rings (SSSR count). The smallest absolute Gasteiger partial charge is 0.177 e. The highest BCUT2D eigenvalue weighted by molar-refractivity contribution is 9.09. The molecule has 0 aliphatic rings. The Bertz CT molecular complexity index is 788. The number of carbonyl (C=O) groups excluding carboxylic acids is 2. The molecule has 0 saturated carbocycles. The van der Waals surface area contributed by atoms with E-state index in [-0.39, 0.29) is 16.9 Å². The van der Waals surface area contributed by atoms with Crippen LogP contribution < -0.4 is 18.9 Å². The maximum absolute atomic E-state index is 11.4. The van der Waals surface area contributed by atoms with Crippen molar-refractivity contribution in [2.75, 3.05) is 33.8 Å². The largest absolute Gasteiger partial charge is 0.497 e. The predicted molar refractivity (Wildman–Crippen MR) is 107 cm³/mol. The highest BCUT2D eigenvalue weighted by atomic mass is 79.9. The number of ether oxygens (including phenoxy) is 4. The Labute approximate surface area is 167 Å². The van der Waals surface area contributed by atoms with Gasteiger partial charge in [-0.15, -0.1) is 0 Å². The molecule has 0 aromatic heterocycles. The molecule has 0 N–H and O–H groups in total. The van der Waals surface area contributed by atoms with Crippen LogP contribution in [-0.2, 0) is 0 Å². The molecule has 0 fully saturated rings. The second-order valence-electron chi connectivity index (χ2n) is 5.25. The van der Waals surface area contributed by atoms with Crippen LogP contribution in [0.3, 0.4) is 0 Å². The summed E-state index contributed by atoms with van der Waals surface area (Å²) < 4.78 is 20.2. The van der Waals surface area contributed by atoms with Crippen molar-refractivity contribution in [1.82, 2.24) is 0 Å². The van der Waals surface area contributed by atoms with E-state index in [1.807, 2.05) is 0 Å². The molecule has 0 aliphatic carbocycles. The quantitative estimate of drug-likeness (QED) is 0.476. The van der Waals surface area contributed by atoms with Gasteiger partial charge in [0.2, 0.25) is 0 Å². The fourth-order valence-corrected chi connectivity index (χ4v) is 2.49. The van der Waals surface area contributed by atoms with Crippen molar-refractivity contribution in [2.45, 2.75) is 6.92 Å². The minimum Gasteiger partial charge on any atom is -0.497 e. The molecule has 0 aliphatic heterocycles. The molecule has 0 bridgehead atoms. The van der Waals surface area contributed by atoms with Gasteiger partial charge in [-0.3, -0.25) is 9.59 Å². The fourth-order valence-electron chi connectivity index (χ4n) is 2.19. The van der Waals surface area contributed by atoms with Gasteiger partial charge in [0.05, 0.1) is 44.9 Å². The maximum Gasteiger partial charge on any atom is 0.177 e. The Balaban J connectivity index is 0.000000271. The summed E-state index contributed by atoms with van der Waals surface area (Å²) in [5, 5.41) is 0.287. The van der Waals surface area contributed by atoms with Crippen molar-refractivity contribution in [3.8, 4) is 23.0 Å². The lowest BCUT2D eigenvalue weighted by Crippen LogP contribution is -2.03. The van der Waals surface area contributed by atoms with Crippen molar-refractivity contribution in [3.05, 3.63) is 47.5 Å². The van der Waals surface area contributed by atoms with Crippen molar-refractivity contribution in [1.29, 1.82) is 0 Å². The maximum atomic E-state index is 11.4. The third-order valence-electron chi connectivity index (χ3n) is 3.62. The molecule has 0 radical (unpaired) electrons. The molecule has 146 valence electrons. The zero-order valence-corrected chi connectivity index (χ0v) is 17.6. The Kier molecular flexibility index (Phi) is 9.36.